The Morgan fingerprint density at radius 1 is 0.0118 bits per heavy atom. The van der Waals surface area contributed by atoms with Gasteiger partial charge >= 0.3 is 0 Å². The maximum Gasteiger partial charge on any atom is 0 e. The minimum absolute atomic E-state index is 0. The molecule has 0 rings (SSSR count). The third-order valence-electron chi connectivity index (χ3n) is 0. The van der Waals surface area contributed by atoms with Crippen LogP contribution in [-0.2, 0) is 0 Å². The van der Waals surface area contributed by atoms with Crippen LogP contribution in [0.4, 0.5) is 0 Å². The van der Waals surface area contributed by atoms with Crippen molar-refractivity contribution in [2.45, 2.75) is 0 Å². The van der Waals surface area contributed by atoms with E-state index in [9.17, 15) is 0 Å². The number of hydrogen-bond donors (Lipinski definition) is 0. The van der Waals surface area contributed by atoms with E-state index in [1.165, 1.54) is 0 Å². The van der Waals surface area contributed by atoms with Crippen LogP contribution in [0.5, 0.6) is 0 Å². The third kappa shape index (κ3) is 606. The van der Waals surface area contributed by atoms with Crippen molar-refractivity contribution in [1.29, 1.82) is 0 Å². The normalized spacial score (nSPS) is 0. The quantitative estimate of drug-likeness (QED) is 0.321. The van der Waals surface area contributed by atoms with Gasteiger partial charge < -0.3 is 0 Å². The Kier molecular flexibility index (Phi) is 4490. The summed E-state index contributed by atoms with van der Waals surface area (Å²) in [5, 5.41) is 0. The van der Waals surface area contributed by atoms with Crippen molar-refractivity contribution in [3.05, 3.63) is 0 Å². The van der Waals surface area contributed by atoms with E-state index in [1.54, 1.807) is 0 Å². The van der Waals surface area contributed by atoms with E-state index >= 15 is 0 Å². The van der Waals surface area contributed by atoms with Crippen molar-refractivity contribution in [2.24, 2.45) is 0 Å². The molecule has 85 heavy (non-hydrogen) atoms. The van der Waals surface area contributed by atoms with Gasteiger partial charge in [0, 0.05) is 3030 Å². The molecule has 0 atom stereocenters. The van der Waals surface area contributed by atoms with Crippen LogP contribution in [0.25, 0.3) is 0 Å². The largest absolute Gasteiger partial charge is 0 e. The van der Waals surface area contributed by atoms with E-state index in [1.807, 2.05) is 0 Å². The molecule has 85 radical (unpaired) electrons. The zero-order chi connectivity index (χ0) is 0. The Bertz CT molecular complexity index is 0. The number of hydrogen-bond acceptors (Lipinski definition) is 0. The second-order valence-electron chi connectivity index (χ2n) is 0. The second-order valence-corrected chi connectivity index (χ2v) is 0. The smallest absolute Gasteiger partial charge is 0 e. The molecular formula is La85. The Morgan fingerprint density at radius 3 is 0.0118 bits per heavy atom. The summed E-state index contributed by atoms with van der Waals surface area (Å²) in [6.45, 7) is 0. The fourth-order valence-corrected chi connectivity index (χ4v) is 0. The molecule has 0 aliphatic rings. The standard InChI is InChI=1S/85La. The van der Waals surface area contributed by atoms with Crippen molar-refractivity contribution in [2.75, 3.05) is 0 Å². The summed E-state index contributed by atoms with van der Waals surface area (Å²) in [5.41, 5.74) is 0. The van der Waals surface area contributed by atoms with Gasteiger partial charge in [-0.05, 0) is 0 Å². The van der Waals surface area contributed by atoms with Crippen LogP contribution in [0, 0.1) is 3030 Å². The molecule has 0 fully saturated rings. The molecule has 0 aromatic heterocycles. The molecule has 0 saturated heterocycles. The first-order valence-corrected chi connectivity index (χ1v) is 0. The summed E-state index contributed by atoms with van der Waals surface area (Å²) >= 11 is 0. The summed E-state index contributed by atoms with van der Waals surface area (Å²) < 4.78 is 0. The van der Waals surface area contributed by atoms with Crippen molar-refractivity contribution in [3.63, 3.8) is 0 Å². The maximum absolute atomic E-state index is 0. The van der Waals surface area contributed by atoms with Crippen LogP contribution in [0.15, 0.2) is 0 Å². The number of rotatable bonds is 0. The first-order valence-electron chi connectivity index (χ1n) is 0. The molecule has 85 heteroatoms. The van der Waals surface area contributed by atoms with Gasteiger partial charge in [0.05, 0.1) is 0 Å². The topological polar surface area (TPSA) is 0 Å². The molecule has 0 aromatic rings. The van der Waals surface area contributed by atoms with E-state index in [0.29, 0.717) is 0 Å². The van der Waals surface area contributed by atoms with Gasteiger partial charge in [0.25, 0.3) is 0 Å². The zero-order valence-corrected chi connectivity index (χ0v) is 357. The fraction of sp³-hybridized carbons (Fsp3) is 0. The average molecular weight is 11800 g/mol. The fourth-order valence-electron chi connectivity index (χ4n) is 0. The van der Waals surface area contributed by atoms with Gasteiger partial charge in [-0.1, -0.05) is 0 Å². The maximum atomic E-state index is 0. The molecular weight excluding hydrogens is 11800 g/mol. The molecule has 0 aliphatic carbocycles. The van der Waals surface area contributed by atoms with Crippen LogP contribution < -0.4 is 0 Å². The molecule has 0 amide bonds. The van der Waals surface area contributed by atoms with Crippen LogP contribution in [0.1, 0.15) is 0 Å². The minimum atomic E-state index is 0. The van der Waals surface area contributed by atoms with Crippen LogP contribution >= 0.6 is 0 Å². The predicted octanol–water partition coefficient (Wildman–Crippen LogP) is 0. The van der Waals surface area contributed by atoms with Crippen molar-refractivity contribution in [3.8, 4) is 0 Å². The Balaban J connectivity index is 0. The molecule has 0 nitrogen and oxygen atoms in total. The summed E-state index contributed by atoms with van der Waals surface area (Å²) in [7, 11) is 0. The van der Waals surface area contributed by atoms with Gasteiger partial charge in [-0.2, -0.15) is 0 Å². The van der Waals surface area contributed by atoms with E-state index in [4.69, 9.17) is 0 Å². The Morgan fingerprint density at radius 2 is 0.0118 bits per heavy atom. The van der Waals surface area contributed by atoms with E-state index in [-0.39, 0.29) is 3030 Å². The predicted molar refractivity (Wildman–Crippen MR) is 0 cm³/mol. The molecule has 0 bridgehead atoms. The van der Waals surface area contributed by atoms with Crippen molar-refractivity contribution in [1.82, 2.24) is 0 Å². The molecule has 0 N–H and O–H groups in total. The molecule has 255 valence electrons. The summed E-state index contributed by atoms with van der Waals surface area (Å²) in [5.74, 6) is 0. The molecule has 0 aliphatic heterocycles. The van der Waals surface area contributed by atoms with E-state index < -0.39 is 0 Å². The summed E-state index contributed by atoms with van der Waals surface area (Å²) in [4.78, 5) is 0. The van der Waals surface area contributed by atoms with Gasteiger partial charge in [-0.15, -0.1) is 0 Å². The molecule has 0 heterocycles. The third-order valence-corrected chi connectivity index (χ3v) is 0. The molecule has 0 unspecified atom stereocenters. The molecule has 0 spiro atoms. The SMILES string of the molecule is [La].[La].[La].[La].[La].[La].[La].[La].[La].[La].[La].[La].[La].[La].[La].[La].[La].[La].[La].[La].[La].[La].[La].[La].[La].[La].[La].[La].[La].[La].[La].[La].[La].[La].[La].[La].[La].[La].[La].[La].[La].[La].[La].[La].[La].[La].[La].[La].[La].[La].[La].[La].[La].[La].[La].[La].[La].[La].[La].[La].[La].[La].[La].[La].[La].[La].[La].[La].[La].[La].[La].[La].[La].[La].[La].[La].[La].[La].[La].[La].[La].[La].[La].[La].[La]. The minimum Gasteiger partial charge on any atom is 0 e. The first-order chi connectivity index (χ1) is 0. The molecule has 0 aromatic carbocycles. The summed E-state index contributed by atoms with van der Waals surface area (Å²) in [6.07, 6.45) is 0. The Hall–Kier alpha value is 102. The van der Waals surface area contributed by atoms with Crippen molar-refractivity contribution >= 4 is 0 Å². The van der Waals surface area contributed by atoms with E-state index in [2.05, 4.69) is 0 Å². The van der Waals surface area contributed by atoms with Gasteiger partial charge in [0.1, 0.15) is 0 Å². The van der Waals surface area contributed by atoms with Gasteiger partial charge in [-0.3, -0.25) is 0 Å². The van der Waals surface area contributed by atoms with Crippen LogP contribution in [0.2, 0.25) is 0 Å². The van der Waals surface area contributed by atoms with Crippen molar-refractivity contribution < 1.29 is 3030 Å². The average Bonchev–Trinajstić information content (AvgIpc) is 0. The van der Waals surface area contributed by atoms with Gasteiger partial charge in [-0.25, -0.2) is 0 Å². The van der Waals surface area contributed by atoms with Gasteiger partial charge in [0.15, 0.2) is 0 Å². The van der Waals surface area contributed by atoms with E-state index in [0.717, 1.165) is 0 Å². The first kappa shape index (κ1) is 623. The second kappa shape index (κ2) is 613. The van der Waals surface area contributed by atoms with Crippen LogP contribution in [-0.4, -0.2) is 0 Å². The Labute approximate surface area is 2900 Å². The zero-order valence-electron chi connectivity index (χ0n) is 49.1. The van der Waals surface area contributed by atoms with Crippen LogP contribution in [0.3, 0.4) is 0 Å². The van der Waals surface area contributed by atoms with Gasteiger partial charge in [0.2, 0.25) is 0 Å². The summed E-state index contributed by atoms with van der Waals surface area (Å²) in [6, 6.07) is 0. The monoisotopic (exact) mass is 11800 g/mol. The molecule has 0 saturated carbocycles.